The van der Waals surface area contributed by atoms with Crippen LogP contribution in [0.3, 0.4) is 0 Å². The van der Waals surface area contributed by atoms with Crippen molar-refractivity contribution >= 4 is 21.7 Å². The summed E-state index contributed by atoms with van der Waals surface area (Å²) in [5, 5.41) is 0. The summed E-state index contributed by atoms with van der Waals surface area (Å²) < 4.78 is 33.3. The Labute approximate surface area is 146 Å². The number of sulfone groups is 1. The predicted octanol–water partition coefficient (Wildman–Crippen LogP) is 0.680. The molecule has 0 spiro atoms. The molecule has 9 heteroatoms. The first-order valence-corrected chi connectivity index (χ1v) is 9.77. The van der Waals surface area contributed by atoms with E-state index in [1.165, 1.54) is 13.2 Å². The number of methoxy groups -OCH3 is 1. The maximum Gasteiger partial charge on any atom is 0.269 e. The van der Waals surface area contributed by atoms with Gasteiger partial charge in [0.25, 0.3) is 5.91 Å². The van der Waals surface area contributed by atoms with Gasteiger partial charge in [-0.25, -0.2) is 8.42 Å². The predicted molar refractivity (Wildman–Crippen MR) is 91.1 cm³/mol. The Morgan fingerprint density at radius 1 is 1.24 bits per heavy atom. The average Bonchev–Trinajstić information content (AvgIpc) is 2.91. The fourth-order valence-corrected chi connectivity index (χ4v) is 4.49. The molecule has 138 valence electrons. The molecule has 1 aromatic carbocycles. The van der Waals surface area contributed by atoms with Crippen LogP contribution in [0.1, 0.15) is 30.1 Å². The zero-order chi connectivity index (χ0) is 18.4. The average molecular weight is 370 g/mol. The monoisotopic (exact) mass is 370 g/mol. The molecule has 0 aliphatic carbocycles. The topological polar surface area (TPSA) is 111 Å². The van der Waals surface area contributed by atoms with Crippen LogP contribution in [0.4, 0.5) is 0 Å². The van der Waals surface area contributed by atoms with Gasteiger partial charge in [-0.1, -0.05) is 0 Å². The third-order valence-corrected chi connectivity index (χ3v) is 5.68. The Hall–Kier alpha value is -2.29. The molecule has 8 nitrogen and oxygen atoms in total. The molecule has 1 aromatic rings. The lowest BCUT2D eigenvalue weighted by atomic mass is 10.1. The quantitative estimate of drug-likeness (QED) is 0.713. The highest BCUT2D eigenvalue weighted by atomic mass is 32.2. The van der Waals surface area contributed by atoms with E-state index in [1.807, 2.05) is 6.92 Å². The lowest BCUT2D eigenvalue weighted by Gasteiger charge is -2.12. The number of hydrogen-bond acceptors (Lipinski definition) is 6. The van der Waals surface area contributed by atoms with E-state index < -0.39 is 21.7 Å². The maximum absolute atomic E-state index is 12.1. The second kappa shape index (κ2) is 8.19. The molecule has 0 radical (unpaired) electrons. The minimum absolute atomic E-state index is 0.0183. The van der Waals surface area contributed by atoms with Crippen molar-refractivity contribution in [3.05, 3.63) is 23.8 Å². The summed E-state index contributed by atoms with van der Waals surface area (Å²) in [5.74, 6) is -0.0622. The maximum atomic E-state index is 12.1. The van der Waals surface area contributed by atoms with Crippen molar-refractivity contribution in [2.24, 2.45) is 5.92 Å². The highest BCUT2D eigenvalue weighted by Crippen LogP contribution is 2.28. The summed E-state index contributed by atoms with van der Waals surface area (Å²) >= 11 is 0. The Balaban J connectivity index is 1.88. The molecule has 0 unspecified atom stereocenters. The number of carbonyl (C=O) groups excluding carboxylic acids is 2. The molecule has 1 fully saturated rings. The Bertz CT molecular complexity index is 747. The first-order valence-electron chi connectivity index (χ1n) is 7.95. The summed E-state index contributed by atoms with van der Waals surface area (Å²) in [7, 11) is -1.56. The number of hydrogen-bond donors (Lipinski definition) is 2. The van der Waals surface area contributed by atoms with Crippen molar-refractivity contribution in [3.8, 4) is 11.5 Å². The van der Waals surface area contributed by atoms with Crippen LogP contribution in [-0.2, 0) is 14.6 Å². The first-order chi connectivity index (χ1) is 11.8. The fourth-order valence-electron chi connectivity index (χ4n) is 2.63. The van der Waals surface area contributed by atoms with E-state index in [0.29, 0.717) is 30.1 Å². The van der Waals surface area contributed by atoms with Crippen molar-refractivity contribution < 1.29 is 27.5 Å². The van der Waals surface area contributed by atoms with Gasteiger partial charge in [0.2, 0.25) is 5.91 Å². The number of hydrazine groups is 1. The van der Waals surface area contributed by atoms with Gasteiger partial charge in [-0.2, -0.15) is 0 Å². The van der Waals surface area contributed by atoms with Gasteiger partial charge >= 0.3 is 0 Å². The normalized spacial score (nSPS) is 18.4. The largest absolute Gasteiger partial charge is 0.493 e. The molecule has 1 atom stereocenters. The van der Waals surface area contributed by atoms with Crippen molar-refractivity contribution in [2.75, 3.05) is 25.2 Å². The molecule has 1 heterocycles. The number of nitrogens with one attached hydrogen (secondary N) is 2. The zero-order valence-electron chi connectivity index (χ0n) is 14.2. The highest BCUT2D eigenvalue weighted by Gasteiger charge is 2.29. The van der Waals surface area contributed by atoms with Crippen LogP contribution in [0.15, 0.2) is 18.2 Å². The Morgan fingerprint density at radius 3 is 2.60 bits per heavy atom. The molecule has 2 rings (SSSR count). The van der Waals surface area contributed by atoms with Crippen LogP contribution in [0.25, 0.3) is 0 Å². The van der Waals surface area contributed by atoms with Crippen molar-refractivity contribution in [1.29, 1.82) is 0 Å². The van der Waals surface area contributed by atoms with Gasteiger partial charge in [0.1, 0.15) is 0 Å². The molecule has 1 aliphatic rings. The van der Waals surface area contributed by atoms with Gasteiger partial charge in [0.05, 0.1) is 25.2 Å². The summed E-state index contributed by atoms with van der Waals surface area (Å²) in [6.07, 6.45) is 0.534. The Kier molecular flexibility index (Phi) is 6.24. The number of carbonyl (C=O) groups is 2. The highest BCUT2D eigenvalue weighted by molar-refractivity contribution is 7.91. The number of benzene rings is 1. The van der Waals surface area contributed by atoms with E-state index in [0.717, 1.165) is 0 Å². The molecular weight excluding hydrogens is 348 g/mol. The molecule has 0 saturated carbocycles. The zero-order valence-corrected chi connectivity index (χ0v) is 15.0. The van der Waals surface area contributed by atoms with Crippen molar-refractivity contribution in [1.82, 2.24) is 10.9 Å². The van der Waals surface area contributed by atoms with Crippen molar-refractivity contribution in [3.63, 3.8) is 0 Å². The van der Waals surface area contributed by atoms with E-state index in [2.05, 4.69) is 10.9 Å². The number of amides is 2. The SMILES string of the molecule is CCOc1ccc(C(=O)NNC(=O)C[C@H]2CCS(=O)(=O)C2)cc1OC. The fraction of sp³-hybridized carbons (Fsp3) is 0.500. The van der Waals surface area contributed by atoms with Gasteiger partial charge in [-0.15, -0.1) is 0 Å². The second-order valence-corrected chi connectivity index (χ2v) is 8.00. The number of ether oxygens (including phenoxy) is 2. The minimum Gasteiger partial charge on any atom is -0.493 e. The van der Waals surface area contributed by atoms with Gasteiger partial charge in [-0.3, -0.25) is 20.4 Å². The minimum atomic E-state index is -3.03. The molecule has 2 amide bonds. The van der Waals surface area contributed by atoms with E-state index in [9.17, 15) is 18.0 Å². The lowest BCUT2D eigenvalue weighted by molar-refractivity contribution is -0.122. The van der Waals surface area contributed by atoms with Gasteiger partial charge in [0, 0.05) is 12.0 Å². The summed E-state index contributed by atoms with van der Waals surface area (Å²) in [6, 6.07) is 4.68. The standard InChI is InChI=1S/C16H22N2O6S/c1-3-24-13-5-4-12(9-14(13)23-2)16(20)18-17-15(19)8-11-6-7-25(21,22)10-11/h4-5,9,11H,3,6-8,10H2,1-2H3,(H,17,19)(H,18,20)/t11-/m1/s1. The summed E-state index contributed by atoms with van der Waals surface area (Å²) in [4.78, 5) is 24.0. The van der Waals surface area contributed by atoms with Crippen LogP contribution < -0.4 is 20.3 Å². The van der Waals surface area contributed by atoms with Gasteiger partial charge < -0.3 is 9.47 Å². The van der Waals surface area contributed by atoms with Crippen LogP contribution in [0.2, 0.25) is 0 Å². The summed E-state index contributed by atoms with van der Waals surface area (Å²) in [5.41, 5.74) is 4.91. The number of rotatable bonds is 6. The molecule has 25 heavy (non-hydrogen) atoms. The lowest BCUT2D eigenvalue weighted by Crippen LogP contribution is -2.42. The second-order valence-electron chi connectivity index (χ2n) is 5.77. The van der Waals surface area contributed by atoms with E-state index in [-0.39, 0.29) is 23.8 Å². The molecule has 1 saturated heterocycles. The van der Waals surface area contributed by atoms with Crippen molar-refractivity contribution in [2.45, 2.75) is 19.8 Å². The van der Waals surface area contributed by atoms with Gasteiger partial charge in [0.15, 0.2) is 21.3 Å². The van der Waals surface area contributed by atoms with E-state index in [1.54, 1.807) is 12.1 Å². The molecule has 0 aromatic heterocycles. The molecule has 0 bridgehead atoms. The summed E-state index contributed by atoms with van der Waals surface area (Å²) in [6.45, 7) is 2.31. The Morgan fingerprint density at radius 2 is 2.00 bits per heavy atom. The third-order valence-electron chi connectivity index (χ3n) is 3.84. The smallest absolute Gasteiger partial charge is 0.269 e. The van der Waals surface area contributed by atoms with Gasteiger partial charge in [-0.05, 0) is 37.5 Å². The third kappa shape index (κ3) is 5.35. The van der Waals surface area contributed by atoms with Crippen LogP contribution in [0, 0.1) is 5.92 Å². The van der Waals surface area contributed by atoms with E-state index >= 15 is 0 Å². The molecular formula is C16H22N2O6S. The van der Waals surface area contributed by atoms with Crippen LogP contribution in [0.5, 0.6) is 11.5 Å². The molecule has 2 N–H and O–H groups in total. The van der Waals surface area contributed by atoms with Crippen LogP contribution >= 0.6 is 0 Å². The van der Waals surface area contributed by atoms with E-state index in [4.69, 9.17) is 9.47 Å². The van der Waals surface area contributed by atoms with Crippen LogP contribution in [-0.4, -0.2) is 45.5 Å². The first kappa shape index (κ1) is 19.0. The molecule has 1 aliphatic heterocycles.